The van der Waals surface area contributed by atoms with E-state index < -0.39 is 0 Å². The number of hydrogen-bond acceptors (Lipinski definition) is 5. The molecule has 18 heavy (non-hydrogen) atoms. The number of nitrogens with zero attached hydrogens (tertiary/aromatic N) is 3. The molecule has 2 atom stereocenters. The van der Waals surface area contributed by atoms with Crippen LogP contribution in [-0.4, -0.2) is 47.8 Å². The van der Waals surface area contributed by atoms with Crippen LogP contribution in [0.25, 0.3) is 0 Å². The van der Waals surface area contributed by atoms with Crippen LogP contribution >= 0.6 is 0 Å². The van der Waals surface area contributed by atoms with Gasteiger partial charge < -0.3 is 14.7 Å². The summed E-state index contributed by atoms with van der Waals surface area (Å²) in [4.78, 5) is 6.89. The predicted molar refractivity (Wildman–Crippen MR) is 70.5 cm³/mol. The molecule has 1 aliphatic heterocycles. The molecule has 2 unspecified atom stereocenters. The molecule has 102 valence electrons. The normalized spacial score (nSPS) is 23.2. The van der Waals surface area contributed by atoms with Crippen molar-refractivity contribution in [3.8, 4) is 0 Å². The highest BCUT2D eigenvalue weighted by Gasteiger charge is 2.21. The van der Waals surface area contributed by atoms with Gasteiger partial charge >= 0.3 is 0 Å². The number of aromatic nitrogens is 2. The van der Waals surface area contributed by atoms with Gasteiger partial charge in [0.05, 0.1) is 0 Å². The van der Waals surface area contributed by atoms with Crippen LogP contribution in [0.2, 0.25) is 0 Å². The Kier molecular flexibility index (Phi) is 4.72. The van der Waals surface area contributed by atoms with Crippen LogP contribution < -0.4 is 5.32 Å². The van der Waals surface area contributed by atoms with Gasteiger partial charge in [-0.15, -0.1) is 0 Å². The fraction of sp³-hybridized carbons (Fsp3) is 0.846. The van der Waals surface area contributed by atoms with Gasteiger partial charge in [-0.05, 0) is 40.4 Å². The third-order valence-electron chi connectivity index (χ3n) is 3.82. The minimum Gasteiger partial charge on any atom is -0.339 e. The van der Waals surface area contributed by atoms with Gasteiger partial charge in [0.2, 0.25) is 5.89 Å². The molecule has 2 heterocycles. The zero-order valence-corrected chi connectivity index (χ0v) is 11.6. The summed E-state index contributed by atoms with van der Waals surface area (Å²) < 4.78 is 5.29. The van der Waals surface area contributed by atoms with Gasteiger partial charge in [0.25, 0.3) is 0 Å². The average molecular weight is 252 g/mol. The van der Waals surface area contributed by atoms with Crippen LogP contribution in [0.15, 0.2) is 4.52 Å². The highest BCUT2D eigenvalue weighted by atomic mass is 16.5. The van der Waals surface area contributed by atoms with Gasteiger partial charge in [0.1, 0.15) is 0 Å². The van der Waals surface area contributed by atoms with Crippen molar-refractivity contribution in [1.82, 2.24) is 20.4 Å². The fourth-order valence-corrected chi connectivity index (χ4v) is 2.43. The Morgan fingerprint density at radius 1 is 1.50 bits per heavy atom. The molecule has 0 amide bonds. The van der Waals surface area contributed by atoms with Crippen molar-refractivity contribution in [2.24, 2.45) is 0 Å². The number of nitrogens with one attached hydrogen (secondary N) is 1. The monoisotopic (exact) mass is 252 g/mol. The molecular weight excluding hydrogens is 228 g/mol. The van der Waals surface area contributed by atoms with Crippen molar-refractivity contribution < 1.29 is 4.52 Å². The minimum absolute atomic E-state index is 0.371. The first-order chi connectivity index (χ1) is 8.69. The fourth-order valence-electron chi connectivity index (χ4n) is 2.43. The number of rotatable bonds is 5. The van der Waals surface area contributed by atoms with Gasteiger partial charge in [-0.25, -0.2) is 0 Å². The predicted octanol–water partition coefficient (Wildman–Crippen LogP) is 1.25. The van der Waals surface area contributed by atoms with Crippen LogP contribution in [0.1, 0.15) is 37.9 Å². The molecule has 1 fully saturated rings. The molecule has 0 saturated carbocycles. The SMILES string of the molecule is CNC(C)Cc1nc(CC2CCCCN2C)no1. The second kappa shape index (κ2) is 6.29. The number of likely N-dealkylation sites (N-methyl/N-ethyl adjacent to an activating group) is 2. The maximum absolute atomic E-state index is 5.29. The summed E-state index contributed by atoms with van der Waals surface area (Å²) in [5.41, 5.74) is 0. The Morgan fingerprint density at radius 2 is 2.33 bits per heavy atom. The van der Waals surface area contributed by atoms with E-state index in [1.54, 1.807) is 0 Å². The first kappa shape index (κ1) is 13.5. The lowest BCUT2D eigenvalue weighted by atomic mass is 10.00. The van der Waals surface area contributed by atoms with Gasteiger partial charge in [-0.3, -0.25) is 0 Å². The molecule has 0 aliphatic carbocycles. The molecule has 0 spiro atoms. The van der Waals surface area contributed by atoms with Crippen molar-refractivity contribution in [3.05, 3.63) is 11.7 Å². The van der Waals surface area contributed by atoms with E-state index in [2.05, 4.69) is 34.3 Å². The van der Waals surface area contributed by atoms with E-state index in [4.69, 9.17) is 4.52 Å². The smallest absolute Gasteiger partial charge is 0.228 e. The van der Waals surface area contributed by atoms with Crippen molar-refractivity contribution in [3.63, 3.8) is 0 Å². The van der Waals surface area contributed by atoms with Gasteiger partial charge in [0, 0.05) is 24.9 Å². The highest BCUT2D eigenvalue weighted by molar-refractivity contribution is 4.93. The van der Waals surface area contributed by atoms with Gasteiger partial charge in [-0.1, -0.05) is 11.6 Å². The van der Waals surface area contributed by atoms with E-state index in [1.807, 2.05) is 7.05 Å². The third kappa shape index (κ3) is 3.53. The third-order valence-corrected chi connectivity index (χ3v) is 3.82. The summed E-state index contributed by atoms with van der Waals surface area (Å²) >= 11 is 0. The van der Waals surface area contributed by atoms with E-state index in [-0.39, 0.29) is 0 Å². The van der Waals surface area contributed by atoms with Gasteiger partial charge in [0.15, 0.2) is 5.82 Å². The van der Waals surface area contributed by atoms with E-state index in [0.717, 1.165) is 24.6 Å². The Morgan fingerprint density at radius 3 is 3.06 bits per heavy atom. The Hall–Kier alpha value is -0.940. The Balaban J connectivity index is 1.89. The maximum Gasteiger partial charge on any atom is 0.228 e. The zero-order chi connectivity index (χ0) is 13.0. The molecule has 0 radical (unpaired) electrons. The van der Waals surface area contributed by atoms with Crippen LogP contribution in [0.3, 0.4) is 0 Å². The molecule has 1 saturated heterocycles. The number of piperidine rings is 1. The van der Waals surface area contributed by atoms with E-state index >= 15 is 0 Å². The van der Waals surface area contributed by atoms with Crippen molar-refractivity contribution >= 4 is 0 Å². The maximum atomic E-state index is 5.29. The highest BCUT2D eigenvalue weighted by Crippen LogP contribution is 2.18. The van der Waals surface area contributed by atoms with Crippen LogP contribution in [0, 0.1) is 0 Å². The molecule has 1 aromatic rings. The number of hydrogen-bond donors (Lipinski definition) is 1. The summed E-state index contributed by atoms with van der Waals surface area (Å²) in [7, 11) is 4.13. The summed E-state index contributed by atoms with van der Waals surface area (Å²) in [5.74, 6) is 1.59. The molecule has 1 N–H and O–H groups in total. The standard InChI is InChI=1S/C13H24N4O/c1-10(14-2)8-13-15-12(16-18-13)9-11-6-4-5-7-17(11)3/h10-11,14H,4-9H2,1-3H3. The Labute approximate surface area is 109 Å². The molecule has 1 aliphatic rings. The Bertz CT molecular complexity index is 366. The average Bonchev–Trinajstić information content (AvgIpc) is 2.79. The first-order valence-corrected chi connectivity index (χ1v) is 6.88. The second-order valence-corrected chi connectivity index (χ2v) is 5.33. The lowest BCUT2D eigenvalue weighted by Crippen LogP contribution is -2.37. The largest absolute Gasteiger partial charge is 0.339 e. The zero-order valence-electron chi connectivity index (χ0n) is 11.6. The molecule has 5 nitrogen and oxygen atoms in total. The quantitative estimate of drug-likeness (QED) is 0.854. The van der Waals surface area contributed by atoms with E-state index in [1.165, 1.54) is 25.8 Å². The molecule has 0 aromatic carbocycles. The van der Waals surface area contributed by atoms with Gasteiger partial charge in [-0.2, -0.15) is 4.98 Å². The molecular formula is C13H24N4O. The van der Waals surface area contributed by atoms with Crippen molar-refractivity contribution in [2.75, 3.05) is 20.6 Å². The molecule has 2 rings (SSSR count). The second-order valence-electron chi connectivity index (χ2n) is 5.33. The lowest BCUT2D eigenvalue weighted by molar-refractivity contribution is 0.181. The first-order valence-electron chi connectivity index (χ1n) is 6.88. The molecule has 5 heteroatoms. The lowest BCUT2D eigenvalue weighted by Gasteiger charge is -2.31. The summed E-state index contributed by atoms with van der Waals surface area (Å²) in [5, 5.41) is 7.27. The molecule has 0 bridgehead atoms. The van der Waals surface area contributed by atoms with Crippen molar-refractivity contribution in [1.29, 1.82) is 0 Å². The summed E-state index contributed by atoms with van der Waals surface area (Å²) in [6.07, 6.45) is 5.58. The summed E-state index contributed by atoms with van der Waals surface area (Å²) in [6, 6.07) is 0.946. The summed E-state index contributed by atoms with van der Waals surface area (Å²) in [6.45, 7) is 3.30. The topological polar surface area (TPSA) is 54.2 Å². The van der Waals surface area contributed by atoms with Crippen LogP contribution in [0.5, 0.6) is 0 Å². The minimum atomic E-state index is 0.371. The molecule has 1 aromatic heterocycles. The van der Waals surface area contributed by atoms with Crippen molar-refractivity contribution in [2.45, 2.75) is 51.1 Å². The van der Waals surface area contributed by atoms with E-state index in [0.29, 0.717) is 12.1 Å². The number of likely N-dealkylation sites (tertiary alicyclic amines) is 1. The van der Waals surface area contributed by atoms with E-state index in [9.17, 15) is 0 Å². The van der Waals surface area contributed by atoms with Crippen LogP contribution in [-0.2, 0) is 12.8 Å². The van der Waals surface area contributed by atoms with Crippen LogP contribution in [0.4, 0.5) is 0 Å².